The third kappa shape index (κ3) is 3.55. The summed E-state index contributed by atoms with van der Waals surface area (Å²) in [6.45, 7) is 4.83. The monoisotopic (exact) mass is 233 g/mol. The zero-order valence-electron chi connectivity index (χ0n) is 10.9. The molecule has 0 aliphatic carbocycles. The van der Waals surface area contributed by atoms with Gasteiger partial charge < -0.3 is 10.4 Å². The van der Waals surface area contributed by atoms with Crippen LogP contribution in [0, 0.1) is 0 Å². The first kappa shape index (κ1) is 12.6. The Labute approximate surface area is 104 Å². The third-order valence-corrected chi connectivity index (χ3v) is 3.53. The van der Waals surface area contributed by atoms with E-state index in [0.29, 0.717) is 6.04 Å². The minimum absolute atomic E-state index is 0.612. The average molecular weight is 233 g/mol. The molecule has 94 valence electrons. The lowest BCUT2D eigenvalue weighted by atomic mass is 9.93. The lowest BCUT2D eigenvalue weighted by molar-refractivity contribution is 0.0785. The lowest BCUT2D eigenvalue weighted by Gasteiger charge is -2.24. The number of nitrogens with one attached hydrogen (secondary N) is 1. The summed E-state index contributed by atoms with van der Waals surface area (Å²) in [6, 6.07) is 8.95. The molecule has 1 fully saturated rings. The quantitative estimate of drug-likeness (QED) is 0.841. The van der Waals surface area contributed by atoms with Crippen LogP contribution in [0.25, 0.3) is 0 Å². The van der Waals surface area contributed by atoms with Crippen molar-refractivity contribution in [2.75, 3.05) is 6.54 Å². The van der Waals surface area contributed by atoms with E-state index in [1.54, 1.807) is 0 Å². The molecule has 1 saturated heterocycles. The van der Waals surface area contributed by atoms with Gasteiger partial charge in [0.2, 0.25) is 0 Å². The van der Waals surface area contributed by atoms with Crippen molar-refractivity contribution in [3.63, 3.8) is 0 Å². The Balaban J connectivity index is 2.05. The van der Waals surface area contributed by atoms with Gasteiger partial charge in [-0.2, -0.15) is 0 Å². The number of hydrogen-bond acceptors (Lipinski definition) is 2. The van der Waals surface area contributed by atoms with Crippen LogP contribution in [0.4, 0.5) is 0 Å². The van der Waals surface area contributed by atoms with Crippen molar-refractivity contribution < 1.29 is 5.11 Å². The molecule has 1 atom stereocenters. The molecular formula is C15H23NO. The molecular weight excluding hydrogens is 210 g/mol. The van der Waals surface area contributed by atoms with Gasteiger partial charge in [-0.25, -0.2) is 0 Å². The zero-order chi connectivity index (χ0) is 12.3. The standard InChI is InChI=1S/C15H23NO/c1-15(2,17)13-7-5-6-12(10-13)11-14-8-3-4-9-16-14/h5-7,10,14,16-17H,3-4,8-9,11H2,1-2H3. The minimum atomic E-state index is -0.740. The summed E-state index contributed by atoms with van der Waals surface area (Å²) in [5.74, 6) is 0. The van der Waals surface area contributed by atoms with E-state index in [9.17, 15) is 5.11 Å². The predicted molar refractivity (Wildman–Crippen MR) is 71.0 cm³/mol. The summed E-state index contributed by atoms with van der Waals surface area (Å²) in [7, 11) is 0. The Kier molecular flexibility index (Phi) is 3.85. The average Bonchev–Trinajstić information content (AvgIpc) is 2.29. The predicted octanol–water partition coefficient (Wildman–Crippen LogP) is 2.60. The summed E-state index contributed by atoms with van der Waals surface area (Å²) in [5, 5.41) is 13.6. The Bertz CT molecular complexity index is 361. The van der Waals surface area contributed by atoms with E-state index in [1.807, 2.05) is 26.0 Å². The first-order chi connectivity index (χ1) is 8.05. The van der Waals surface area contributed by atoms with Crippen LogP contribution in [-0.2, 0) is 12.0 Å². The molecule has 1 heterocycles. The van der Waals surface area contributed by atoms with Crippen LogP contribution in [0.3, 0.4) is 0 Å². The van der Waals surface area contributed by atoms with Gasteiger partial charge in [0.05, 0.1) is 5.60 Å². The van der Waals surface area contributed by atoms with E-state index in [0.717, 1.165) is 18.5 Å². The van der Waals surface area contributed by atoms with Crippen LogP contribution < -0.4 is 5.32 Å². The highest BCUT2D eigenvalue weighted by Gasteiger charge is 2.17. The second-order valence-corrected chi connectivity index (χ2v) is 5.61. The molecule has 0 amide bonds. The highest BCUT2D eigenvalue weighted by atomic mass is 16.3. The van der Waals surface area contributed by atoms with Crippen LogP contribution in [0.2, 0.25) is 0 Å². The maximum atomic E-state index is 10.0. The maximum absolute atomic E-state index is 10.0. The van der Waals surface area contributed by atoms with Gasteiger partial charge in [0.25, 0.3) is 0 Å². The van der Waals surface area contributed by atoms with Crippen molar-refractivity contribution in [2.45, 2.75) is 51.2 Å². The van der Waals surface area contributed by atoms with Gasteiger partial charge >= 0.3 is 0 Å². The summed E-state index contributed by atoms with van der Waals surface area (Å²) in [5.41, 5.74) is 1.59. The summed E-state index contributed by atoms with van der Waals surface area (Å²) >= 11 is 0. The fraction of sp³-hybridized carbons (Fsp3) is 0.600. The van der Waals surface area contributed by atoms with Gasteiger partial charge in [0.1, 0.15) is 0 Å². The largest absolute Gasteiger partial charge is 0.386 e. The summed E-state index contributed by atoms with van der Waals surface area (Å²) < 4.78 is 0. The molecule has 1 aliphatic rings. The van der Waals surface area contributed by atoms with E-state index in [-0.39, 0.29) is 0 Å². The van der Waals surface area contributed by atoms with Crippen LogP contribution in [0.15, 0.2) is 24.3 Å². The first-order valence-corrected chi connectivity index (χ1v) is 6.61. The van der Waals surface area contributed by atoms with Crippen molar-refractivity contribution in [1.82, 2.24) is 5.32 Å². The molecule has 0 spiro atoms. The zero-order valence-corrected chi connectivity index (χ0v) is 10.9. The Morgan fingerprint density at radius 1 is 1.35 bits per heavy atom. The van der Waals surface area contributed by atoms with Crippen molar-refractivity contribution >= 4 is 0 Å². The third-order valence-electron chi connectivity index (χ3n) is 3.53. The number of benzene rings is 1. The molecule has 17 heavy (non-hydrogen) atoms. The molecule has 1 aromatic rings. The highest BCUT2D eigenvalue weighted by molar-refractivity contribution is 5.28. The molecule has 0 bridgehead atoms. The number of aliphatic hydroxyl groups is 1. The Hall–Kier alpha value is -0.860. The van der Waals surface area contributed by atoms with Crippen LogP contribution in [-0.4, -0.2) is 17.7 Å². The van der Waals surface area contributed by atoms with Crippen LogP contribution >= 0.6 is 0 Å². The van der Waals surface area contributed by atoms with E-state index in [2.05, 4.69) is 17.4 Å². The summed E-state index contributed by atoms with van der Waals surface area (Å²) in [4.78, 5) is 0. The van der Waals surface area contributed by atoms with Gasteiger partial charge in [0, 0.05) is 6.04 Å². The van der Waals surface area contributed by atoms with E-state index >= 15 is 0 Å². The summed E-state index contributed by atoms with van der Waals surface area (Å²) in [6.07, 6.45) is 4.99. The molecule has 1 unspecified atom stereocenters. The smallest absolute Gasteiger partial charge is 0.0840 e. The van der Waals surface area contributed by atoms with Gasteiger partial charge in [-0.15, -0.1) is 0 Å². The molecule has 2 heteroatoms. The highest BCUT2D eigenvalue weighted by Crippen LogP contribution is 2.21. The fourth-order valence-corrected chi connectivity index (χ4v) is 2.46. The maximum Gasteiger partial charge on any atom is 0.0840 e. The molecule has 1 aromatic carbocycles. The lowest BCUT2D eigenvalue weighted by Crippen LogP contribution is -2.35. The van der Waals surface area contributed by atoms with Crippen molar-refractivity contribution in [3.05, 3.63) is 35.4 Å². The van der Waals surface area contributed by atoms with E-state index in [1.165, 1.54) is 24.8 Å². The molecule has 0 radical (unpaired) electrons. The van der Waals surface area contributed by atoms with Crippen LogP contribution in [0.5, 0.6) is 0 Å². The van der Waals surface area contributed by atoms with Crippen molar-refractivity contribution in [1.29, 1.82) is 0 Å². The fourth-order valence-electron chi connectivity index (χ4n) is 2.46. The molecule has 2 nitrogen and oxygen atoms in total. The molecule has 0 saturated carbocycles. The molecule has 2 N–H and O–H groups in total. The van der Waals surface area contributed by atoms with Gasteiger partial charge in [-0.1, -0.05) is 30.7 Å². The second kappa shape index (κ2) is 5.19. The van der Waals surface area contributed by atoms with Gasteiger partial charge in [-0.3, -0.25) is 0 Å². The first-order valence-electron chi connectivity index (χ1n) is 6.61. The SMILES string of the molecule is CC(C)(O)c1cccc(CC2CCCCN2)c1. The topological polar surface area (TPSA) is 32.3 Å². The van der Waals surface area contributed by atoms with E-state index < -0.39 is 5.60 Å². The van der Waals surface area contributed by atoms with E-state index in [4.69, 9.17) is 0 Å². The number of piperidine rings is 1. The van der Waals surface area contributed by atoms with Crippen molar-refractivity contribution in [2.24, 2.45) is 0 Å². The Morgan fingerprint density at radius 3 is 2.82 bits per heavy atom. The second-order valence-electron chi connectivity index (χ2n) is 5.61. The Morgan fingerprint density at radius 2 is 2.18 bits per heavy atom. The van der Waals surface area contributed by atoms with Gasteiger partial charge in [-0.05, 0) is 50.8 Å². The molecule has 2 rings (SSSR count). The van der Waals surface area contributed by atoms with Crippen molar-refractivity contribution in [3.8, 4) is 0 Å². The van der Waals surface area contributed by atoms with Crippen LogP contribution in [0.1, 0.15) is 44.2 Å². The number of rotatable bonds is 3. The molecule has 0 aromatic heterocycles. The number of hydrogen-bond donors (Lipinski definition) is 2. The minimum Gasteiger partial charge on any atom is -0.386 e. The normalized spacial score (nSPS) is 21.5. The van der Waals surface area contributed by atoms with Gasteiger partial charge in [0.15, 0.2) is 0 Å². The molecule has 1 aliphatic heterocycles.